The molecule has 1 unspecified atom stereocenters. The van der Waals surface area contributed by atoms with Crippen LogP contribution >= 0.6 is 0 Å². The van der Waals surface area contributed by atoms with Gasteiger partial charge in [0.2, 0.25) is 5.78 Å². The molecule has 3 aromatic carbocycles. The number of amides is 1. The molecule has 0 saturated carbocycles. The van der Waals surface area contributed by atoms with Crippen LogP contribution in [0.2, 0.25) is 0 Å². The average molecular weight is 317 g/mol. The largest absolute Gasteiger partial charge is 0.343 e. The maximum Gasteiger partial charge on any atom is 0.292 e. The lowest BCUT2D eigenvalue weighted by atomic mass is 9.99. The number of benzene rings is 3. The minimum absolute atomic E-state index is 0.252. The normalized spacial score (nSPS) is 11.9. The summed E-state index contributed by atoms with van der Waals surface area (Å²) in [5.74, 6) is -1.10. The predicted molar refractivity (Wildman–Crippen MR) is 96.0 cm³/mol. The molecule has 3 heteroatoms. The van der Waals surface area contributed by atoms with Crippen molar-refractivity contribution in [3.8, 4) is 0 Å². The van der Waals surface area contributed by atoms with E-state index in [4.69, 9.17) is 0 Å². The van der Waals surface area contributed by atoms with E-state index in [-0.39, 0.29) is 6.04 Å². The summed E-state index contributed by atoms with van der Waals surface area (Å²) in [6.45, 7) is 3.83. The van der Waals surface area contributed by atoms with Crippen molar-refractivity contribution in [3.63, 3.8) is 0 Å². The van der Waals surface area contributed by atoms with Gasteiger partial charge in [-0.25, -0.2) is 0 Å². The number of hydrogen-bond acceptors (Lipinski definition) is 2. The molecule has 0 aliphatic rings. The summed E-state index contributed by atoms with van der Waals surface area (Å²) in [5, 5.41) is 5.00. The Morgan fingerprint density at radius 3 is 2.29 bits per heavy atom. The second-order valence-electron chi connectivity index (χ2n) is 5.96. The lowest BCUT2D eigenvalue weighted by Gasteiger charge is -2.16. The van der Waals surface area contributed by atoms with E-state index >= 15 is 0 Å². The summed E-state index contributed by atoms with van der Waals surface area (Å²) in [7, 11) is 0. The summed E-state index contributed by atoms with van der Waals surface area (Å²) in [6, 6.07) is 20.7. The zero-order valence-electron chi connectivity index (χ0n) is 13.7. The third-order valence-electron chi connectivity index (χ3n) is 4.16. The number of Topliss-reactive ketones (excluding diaryl/α,β-unsaturated/α-hetero) is 1. The fourth-order valence-electron chi connectivity index (χ4n) is 2.80. The highest BCUT2D eigenvalue weighted by Crippen LogP contribution is 2.24. The van der Waals surface area contributed by atoms with Crippen LogP contribution in [0.25, 0.3) is 10.8 Å². The molecule has 0 radical (unpaired) electrons. The molecule has 3 rings (SSSR count). The van der Waals surface area contributed by atoms with Gasteiger partial charge < -0.3 is 5.32 Å². The van der Waals surface area contributed by atoms with Crippen LogP contribution in [0.3, 0.4) is 0 Å². The Morgan fingerprint density at radius 2 is 1.54 bits per heavy atom. The van der Waals surface area contributed by atoms with Crippen molar-refractivity contribution in [2.24, 2.45) is 0 Å². The van der Waals surface area contributed by atoms with E-state index in [2.05, 4.69) is 5.32 Å². The van der Waals surface area contributed by atoms with Crippen molar-refractivity contribution in [1.29, 1.82) is 0 Å². The van der Waals surface area contributed by atoms with Crippen molar-refractivity contribution in [3.05, 3.63) is 83.4 Å². The van der Waals surface area contributed by atoms with Gasteiger partial charge in [0.25, 0.3) is 5.91 Å². The third-order valence-corrected chi connectivity index (χ3v) is 4.16. The van der Waals surface area contributed by atoms with E-state index in [1.807, 2.05) is 68.4 Å². The summed E-state index contributed by atoms with van der Waals surface area (Å²) in [4.78, 5) is 24.6. The molecule has 0 saturated heterocycles. The van der Waals surface area contributed by atoms with Gasteiger partial charge in [-0.1, -0.05) is 72.3 Å². The maximum absolute atomic E-state index is 12.3. The number of carbonyl (C=O) groups is 2. The molecule has 0 aliphatic heterocycles. The maximum atomic E-state index is 12.3. The lowest BCUT2D eigenvalue weighted by molar-refractivity contribution is -0.117. The fraction of sp³-hybridized carbons (Fsp3) is 0.143. The molecular formula is C21H19NO2. The molecule has 0 aromatic heterocycles. The summed E-state index contributed by atoms with van der Waals surface area (Å²) >= 11 is 0. The Labute approximate surface area is 141 Å². The van der Waals surface area contributed by atoms with E-state index in [0.717, 1.165) is 21.9 Å². The first-order valence-corrected chi connectivity index (χ1v) is 7.96. The van der Waals surface area contributed by atoms with Gasteiger partial charge in [-0.2, -0.15) is 0 Å². The van der Waals surface area contributed by atoms with Crippen LogP contribution in [0.5, 0.6) is 0 Å². The highest BCUT2D eigenvalue weighted by Gasteiger charge is 2.19. The molecule has 0 spiro atoms. The standard InChI is InChI=1S/C21H19NO2/c1-14-10-12-17(13-11-14)20(23)21(24)22-15(2)18-9-5-7-16-6-3-4-8-19(16)18/h3-13,15H,1-2H3,(H,22,24). The SMILES string of the molecule is Cc1ccc(C(=O)C(=O)NC(C)c2cccc3ccccc23)cc1. The van der Waals surface area contributed by atoms with Crippen molar-refractivity contribution in [2.75, 3.05) is 0 Å². The minimum Gasteiger partial charge on any atom is -0.343 e. The smallest absolute Gasteiger partial charge is 0.292 e. The number of carbonyl (C=O) groups excluding carboxylic acids is 2. The fourth-order valence-corrected chi connectivity index (χ4v) is 2.80. The molecule has 0 fully saturated rings. The number of aryl methyl sites for hydroxylation is 1. The number of fused-ring (bicyclic) bond motifs is 1. The van der Waals surface area contributed by atoms with Crippen LogP contribution in [-0.2, 0) is 4.79 Å². The Hall–Kier alpha value is -2.94. The van der Waals surface area contributed by atoms with Crippen molar-refractivity contribution in [1.82, 2.24) is 5.32 Å². The van der Waals surface area contributed by atoms with E-state index in [9.17, 15) is 9.59 Å². The van der Waals surface area contributed by atoms with Gasteiger partial charge in [0.05, 0.1) is 6.04 Å². The van der Waals surface area contributed by atoms with Gasteiger partial charge in [0, 0.05) is 5.56 Å². The van der Waals surface area contributed by atoms with E-state index in [1.165, 1.54) is 0 Å². The Kier molecular flexibility index (Phi) is 4.43. The predicted octanol–water partition coefficient (Wildman–Crippen LogP) is 4.21. The number of rotatable bonds is 4. The molecule has 3 nitrogen and oxygen atoms in total. The van der Waals surface area contributed by atoms with E-state index < -0.39 is 11.7 Å². The first-order valence-electron chi connectivity index (χ1n) is 7.96. The van der Waals surface area contributed by atoms with Gasteiger partial charge in [-0.15, -0.1) is 0 Å². The molecule has 1 N–H and O–H groups in total. The Bertz CT molecular complexity index is 892. The van der Waals surface area contributed by atoms with Crippen LogP contribution in [0.4, 0.5) is 0 Å². The first-order chi connectivity index (χ1) is 11.6. The van der Waals surface area contributed by atoms with Gasteiger partial charge in [0.15, 0.2) is 0 Å². The van der Waals surface area contributed by atoms with Gasteiger partial charge in [-0.3, -0.25) is 9.59 Å². The number of ketones is 1. The topological polar surface area (TPSA) is 46.2 Å². The molecule has 120 valence electrons. The summed E-state index contributed by atoms with van der Waals surface area (Å²) in [6.07, 6.45) is 0. The van der Waals surface area contributed by atoms with Crippen LogP contribution < -0.4 is 5.32 Å². The average Bonchev–Trinajstić information content (AvgIpc) is 2.61. The second kappa shape index (κ2) is 6.67. The van der Waals surface area contributed by atoms with Crippen molar-refractivity contribution >= 4 is 22.5 Å². The lowest BCUT2D eigenvalue weighted by Crippen LogP contribution is -2.33. The molecule has 0 aliphatic carbocycles. The molecule has 24 heavy (non-hydrogen) atoms. The van der Waals surface area contributed by atoms with Gasteiger partial charge in [-0.05, 0) is 30.2 Å². The first kappa shape index (κ1) is 15.9. The van der Waals surface area contributed by atoms with Crippen LogP contribution in [0.1, 0.15) is 34.5 Å². The molecule has 0 heterocycles. The van der Waals surface area contributed by atoms with Crippen LogP contribution in [0.15, 0.2) is 66.7 Å². The highest BCUT2D eigenvalue weighted by atomic mass is 16.2. The monoisotopic (exact) mass is 317 g/mol. The van der Waals surface area contributed by atoms with E-state index in [1.54, 1.807) is 12.1 Å². The quantitative estimate of drug-likeness (QED) is 0.579. The zero-order valence-corrected chi connectivity index (χ0v) is 13.7. The number of hydrogen-bond donors (Lipinski definition) is 1. The second-order valence-corrected chi connectivity index (χ2v) is 5.96. The molecule has 0 bridgehead atoms. The van der Waals surface area contributed by atoms with Crippen LogP contribution in [0, 0.1) is 6.92 Å². The molecule has 3 aromatic rings. The molecular weight excluding hydrogens is 298 g/mol. The summed E-state index contributed by atoms with van der Waals surface area (Å²) in [5.41, 5.74) is 2.46. The highest BCUT2D eigenvalue weighted by molar-refractivity contribution is 6.42. The third kappa shape index (κ3) is 3.20. The van der Waals surface area contributed by atoms with Gasteiger partial charge in [0.1, 0.15) is 0 Å². The van der Waals surface area contributed by atoms with E-state index in [0.29, 0.717) is 5.56 Å². The molecule has 1 amide bonds. The summed E-state index contributed by atoms with van der Waals surface area (Å²) < 4.78 is 0. The Balaban J connectivity index is 1.80. The van der Waals surface area contributed by atoms with Crippen molar-refractivity contribution < 1.29 is 9.59 Å². The minimum atomic E-state index is -0.584. The zero-order chi connectivity index (χ0) is 17.1. The Morgan fingerprint density at radius 1 is 0.875 bits per heavy atom. The number of nitrogens with one attached hydrogen (secondary N) is 1. The molecule has 1 atom stereocenters. The van der Waals surface area contributed by atoms with Crippen LogP contribution in [-0.4, -0.2) is 11.7 Å². The van der Waals surface area contributed by atoms with Crippen molar-refractivity contribution in [2.45, 2.75) is 19.9 Å². The van der Waals surface area contributed by atoms with Gasteiger partial charge >= 0.3 is 0 Å².